The molecular formula is C13H12BrIOS. The maximum atomic E-state index is 5.44. The van der Waals surface area contributed by atoms with Gasteiger partial charge in [-0.15, -0.1) is 11.3 Å². The van der Waals surface area contributed by atoms with Crippen LogP contribution in [0.3, 0.4) is 0 Å². The molecule has 1 nitrogen and oxygen atoms in total. The molecule has 0 bridgehead atoms. The topological polar surface area (TPSA) is 9.23 Å². The van der Waals surface area contributed by atoms with E-state index in [0.717, 1.165) is 5.75 Å². The molecule has 0 aliphatic heterocycles. The van der Waals surface area contributed by atoms with Gasteiger partial charge in [-0.3, -0.25) is 0 Å². The summed E-state index contributed by atoms with van der Waals surface area (Å²) in [7, 11) is 0. The summed E-state index contributed by atoms with van der Waals surface area (Å²) in [6, 6.07) is 10.5. The van der Waals surface area contributed by atoms with E-state index in [1.807, 2.05) is 19.1 Å². The lowest BCUT2D eigenvalue weighted by Gasteiger charge is -2.09. The van der Waals surface area contributed by atoms with E-state index in [4.69, 9.17) is 4.74 Å². The predicted molar refractivity (Wildman–Crippen MR) is 85.4 cm³/mol. The minimum absolute atomic E-state index is 0.262. The molecule has 17 heavy (non-hydrogen) atoms. The molecule has 0 saturated heterocycles. The molecule has 0 aliphatic rings. The van der Waals surface area contributed by atoms with E-state index in [-0.39, 0.29) is 4.83 Å². The molecule has 0 saturated carbocycles. The van der Waals surface area contributed by atoms with Crippen LogP contribution >= 0.6 is 49.9 Å². The number of rotatable bonds is 4. The highest BCUT2D eigenvalue weighted by molar-refractivity contribution is 14.1. The van der Waals surface area contributed by atoms with Crippen molar-refractivity contribution < 1.29 is 4.74 Å². The van der Waals surface area contributed by atoms with Gasteiger partial charge in [0.15, 0.2) is 0 Å². The van der Waals surface area contributed by atoms with Gasteiger partial charge in [-0.1, -0.05) is 28.1 Å². The molecule has 0 spiro atoms. The van der Waals surface area contributed by atoms with Crippen LogP contribution in [-0.4, -0.2) is 6.61 Å². The van der Waals surface area contributed by atoms with Crippen LogP contribution in [0.15, 0.2) is 35.7 Å². The fourth-order valence-electron chi connectivity index (χ4n) is 1.55. The zero-order chi connectivity index (χ0) is 12.3. The maximum absolute atomic E-state index is 5.44. The quantitative estimate of drug-likeness (QED) is 0.483. The average Bonchev–Trinajstić information content (AvgIpc) is 2.76. The molecule has 0 N–H and O–H groups in total. The highest BCUT2D eigenvalue weighted by Crippen LogP contribution is 2.34. The monoisotopic (exact) mass is 422 g/mol. The standard InChI is InChI=1S/C13H12BrIOS/c1-2-16-11-5-3-9(4-6-11)13(14)10-7-12(15)17-8-10/h3-8,13H,2H2,1H3. The van der Waals surface area contributed by atoms with Crippen LogP contribution in [0.1, 0.15) is 22.9 Å². The van der Waals surface area contributed by atoms with Gasteiger partial charge in [-0.25, -0.2) is 0 Å². The smallest absolute Gasteiger partial charge is 0.119 e. The lowest BCUT2D eigenvalue weighted by atomic mass is 10.1. The Balaban J connectivity index is 2.16. The van der Waals surface area contributed by atoms with Crippen molar-refractivity contribution in [3.63, 3.8) is 0 Å². The van der Waals surface area contributed by atoms with E-state index in [0.29, 0.717) is 6.61 Å². The number of halogens is 2. The van der Waals surface area contributed by atoms with Gasteiger partial charge in [0.25, 0.3) is 0 Å². The van der Waals surface area contributed by atoms with Crippen molar-refractivity contribution in [3.8, 4) is 5.75 Å². The molecule has 90 valence electrons. The lowest BCUT2D eigenvalue weighted by molar-refractivity contribution is 0.340. The van der Waals surface area contributed by atoms with Gasteiger partial charge in [-0.2, -0.15) is 0 Å². The maximum Gasteiger partial charge on any atom is 0.119 e. The Morgan fingerprint density at radius 3 is 2.53 bits per heavy atom. The molecule has 1 heterocycles. The first-order valence-corrected chi connectivity index (χ1v) is 8.19. The second kappa shape index (κ2) is 6.20. The van der Waals surface area contributed by atoms with E-state index in [2.05, 4.69) is 62.1 Å². The van der Waals surface area contributed by atoms with E-state index in [9.17, 15) is 0 Å². The van der Waals surface area contributed by atoms with E-state index >= 15 is 0 Å². The first-order valence-electron chi connectivity index (χ1n) is 5.31. The number of alkyl halides is 1. The van der Waals surface area contributed by atoms with Crippen molar-refractivity contribution in [3.05, 3.63) is 49.7 Å². The number of hydrogen-bond acceptors (Lipinski definition) is 2. The summed E-state index contributed by atoms with van der Waals surface area (Å²) in [6.07, 6.45) is 0. The minimum atomic E-state index is 0.262. The first kappa shape index (κ1) is 13.4. The normalized spacial score (nSPS) is 12.4. The van der Waals surface area contributed by atoms with Gasteiger partial charge in [0.2, 0.25) is 0 Å². The Morgan fingerprint density at radius 2 is 2.00 bits per heavy atom. The summed E-state index contributed by atoms with van der Waals surface area (Å²) < 4.78 is 6.75. The number of benzene rings is 1. The van der Waals surface area contributed by atoms with Gasteiger partial charge in [0.05, 0.1) is 14.3 Å². The van der Waals surface area contributed by atoms with Crippen molar-refractivity contribution in [1.29, 1.82) is 0 Å². The zero-order valence-electron chi connectivity index (χ0n) is 9.32. The molecule has 4 heteroatoms. The molecule has 0 radical (unpaired) electrons. The Bertz CT molecular complexity index is 480. The first-order chi connectivity index (χ1) is 8.20. The highest BCUT2D eigenvalue weighted by atomic mass is 127. The van der Waals surface area contributed by atoms with Gasteiger partial charge >= 0.3 is 0 Å². The van der Waals surface area contributed by atoms with Crippen molar-refractivity contribution in [2.45, 2.75) is 11.8 Å². The van der Waals surface area contributed by atoms with Crippen LogP contribution in [0.5, 0.6) is 5.75 Å². The summed E-state index contributed by atoms with van der Waals surface area (Å²) >= 11 is 7.85. The summed E-state index contributed by atoms with van der Waals surface area (Å²) in [5, 5.41) is 2.19. The Hall–Kier alpha value is -0.0700. The molecule has 2 rings (SSSR count). The zero-order valence-corrected chi connectivity index (χ0v) is 13.9. The predicted octanol–water partition coefficient (Wildman–Crippen LogP) is 5.24. The van der Waals surface area contributed by atoms with Crippen LogP contribution < -0.4 is 4.74 Å². The van der Waals surface area contributed by atoms with Crippen LogP contribution in [0.2, 0.25) is 0 Å². The van der Waals surface area contributed by atoms with Crippen molar-refractivity contribution in [2.24, 2.45) is 0 Å². The van der Waals surface area contributed by atoms with Crippen molar-refractivity contribution in [1.82, 2.24) is 0 Å². The Labute approximate surface area is 127 Å². The van der Waals surface area contributed by atoms with Crippen LogP contribution in [0.25, 0.3) is 0 Å². The number of ether oxygens (including phenoxy) is 1. The number of thiophene rings is 1. The molecule has 1 aromatic heterocycles. The SMILES string of the molecule is CCOc1ccc(C(Br)c2csc(I)c2)cc1. The summed E-state index contributed by atoms with van der Waals surface area (Å²) in [5.41, 5.74) is 2.56. The van der Waals surface area contributed by atoms with Crippen LogP contribution in [0, 0.1) is 2.88 Å². The van der Waals surface area contributed by atoms with Gasteiger partial charge in [0, 0.05) is 0 Å². The molecular weight excluding hydrogens is 411 g/mol. The van der Waals surface area contributed by atoms with Gasteiger partial charge in [-0.05, 0) is 64.2 Å². The van der Waals surface area contributed by atoms with Crippen molar-refractivity contribution in [2.75, 3.05) is 6.61 Å². The molecule has 2 aromatic rings. The third-order valence-electron chi connectivity index (χ3n) is 2.36. The van der Waals surface area contributed by atoms with Crippen molar-refractivity contribution >= 4 is 49.9 Å². The van der Waals surface area contributed by atoms with Gasteiger partial charge in [0.1, 0.15) is 5.75 Å². The second-order valence-corrected chi connectivity index (χ2v) is 7.27. The van der Waals surface area contributed by atoms with Crippen LogP contribution in [-0.2, 0) is 0 Å². The fraction of sp³-hybridized carbons (Fsp3) is 0.231. The molecule has 0 aliphatic carbocycles. The third-order valence-corrected chi connectivity index (χ3v) is 5.23. The Morgan fingerprint density at radius 1 is 1.29 bits per heavy atom. The second-order valence-electron chi connectivity index (χ2n) is 3.55. The van der Waals surface area contributed by atoms with E-state index < -0.39 is 0 Å². The molecule has 1 atom stereocenters. The van der Waals surface area contributed by atoms with Crippen LogP contribution in [0.4, 0.5) is 0 Å². The lowest BCUT2D eigenvalue weighted by Crippen LogP contribution is -1.93. The molecule has 1 unspecified atom stereocenters. The number of hydrogen-bond donors (Lipinski definition) is 0. The van der Waals surface area contributed by atoms with E-state index in [1.165, 1.54) is 14.0 Å². The van der Waals surface area contributed by atoms with Gasteiger partial charge < -0.3 is 4.74 Å². The summed E-state index contributed by atoms with van der Waals surface area (Å²) in [4.78, 5) is 0.262. The summed E-state index contributed by atoms with van der Waals surface area (Å²) in [6.45, 7) is 2.70. The fourth-order valence-corrected chi connectivity index (χ4v) is 3.69. The molecule has 0 amide bonds. The third kappa shape index (κ3) is 3.45. The largest absolute Gasteiger partial charge is 0.494 e. The molecule has 0 fully saturated rings. The average molecular weight is 423 g/mol. The minimum Gasteiger partial charge on any atom is -0.494 e. The molecule has 1 aromatic carbocycles. The summed E-state index contributed by atoms with van der Waals surface area (Å²) in [5.74, 6) is 0.927. The highest BCUT2D eigenvalue weighted by Gasteiger charge is 2.11. The van der Waals surface area contributed by atoms with E-state index in [1.54, 1.807) is 11.3 Å². The Kier molecular flexibility index (Phi) is 4.87.